The van der Waals surface area contributed by atoms with Crippen LogP contribution in [0, 0.1) is 6.20 Å². The standard InChI is InChI=1S/C4H4N3O2S/c5-10(8,9)4-2-1-3-6-7-4/h1-2H,(H2,5,8,9). The zero-order chi connectivity index (χ0) is 7.61. The molecule has 0 spiro atoms. The molecule has 0 aliphatic rings. The van der Waals surface area contributed by atoms with Gasteiger partial charge in [-0.25, -0.2) is 13.6 Å². The van der Waals surface area contributed by atoms with Gasteiger partial charge >= 0.3 is 0 Å². The van der Waals surface area contributed by atoms with Crippen LogP contribution in [0.2, 0.25) is 0 Å². The second-order valence-electron chi connectivity index (χ2n) is 1.55. The van der Waals surface area contributed by atoms with E-state index in [2.05, 4.69) is 16.4 Å². The summed E-state index contributed by atoms with van der Waals surface area (Å²) in [4.78, 5) is 0. The fourth-order valence-corrected chi connectivity index (χ4v) is 0.817. The predicted octanol–water partition coefficient (Wildman–Crippen LogP) is -1.08. The highest BCUT2D eigenvalue weighted by molar-refractivity contribution is 7.89. The van der Waals surface area contributed by atoms with Gasteiger partial charge in [-0.15, -0.1) is 10.2 Å². The van der Waals surface area contributed by atoms with Gasteiger partial charge in [-0.1, -0.05) is 0 Å². The Kier molecular flexibility index (Phi) is 1.64. The molecule has 1 radical (unpaired) electrons. The van der Waals surface area contributed by atoms with Gasteiger partial charge in [0.05, 0.1) is 0 Å². The van der Waals surface area contributed by atoms with Gasteiger partial charge in [-0.3, -0.25) is 0 Å². The monoisotopic (exact) mass is 158 g/mol. The number of nitrogens with zero attached hydrogens (tertiary/aromatic N) is 2. The molecule has 5 nitrogen and oxygen atoms in total. The third-order valence-electron chi connectivity index (χ3n) is 0.798. The van der Waals surface area contributed by atoms with Crippen molar-refractivity contribution >= 4 is 10.0 Å². The minimum atomic E-state index is -3.70. The molecule has 0 saturated carbocycles. The lowest BCUT2D eigenvalue weighted by molar-refractivity contribution is 0.591. The third-order valence-corrected chi connectivity index (χ3v) is 1.60. The quantitative estimate of drug-likeness (QED) is 0.563. The Bertz CT molecular complexity index is 307. The Hall–Kier alpha value is -1.01. The molecule has 0 bridgehead atoms. The average Bonchev–Trinajstić information content (AvgIpc) is 1.88. The lowest BCUT2D eigenvalue weighted by Crippen LogP contribution is -2.14. The van der Waals surface area contributed by atoms with E-state index in [1.165, 1.54) is 12.1 Å². The molecule has 53 valence electrons. The van der Waals surface area contributed by atoms with Gasteiger partial charge in [0, 0.05) is 0 Å². The van der Waals surface area contributed by atoms with Crippen LogP contribution in [0.15, 0.2) is 17.2 Å². The minimum absolute atomic E-state index is 0.244. The van der Waals surface area contributed by atoms with E-state index in [-0.39, 0.29) is 5.03 Å². The molecule has 1 aromatic heterocycles. The first kappa shape index (κ1) is 7.10. The number of rotatable bonds is 1. The summed E-state index contributed by atoms with van der Waals surface area (Å²) in [6.07, 6.45) is 2.32. The Labute approximate surface area is 57.9 Å². The van der Waals surface area contributed by atoms with E-state index in [9.17, 15) is 8.42 Å². The molecule has 1 heterocycles. The number of hydrogen-bond donors (Lipinski definition) is 1. The van der Waals surface area contributed by atoms with E-state index in [0.29, 0.717) is 0 Å². The summed E-state index contributed by atoms with van der Waals surface area (Å²) in [5, 5.41) is 10.9. The summed E-state index contributed by atoms with van der Waals surface area (Å²) in [6.45, 7) is 0. The maximum atomic E-state index is 10.5. The third kappa shape index (κ3) is 1.49. The van der Waals surface area contributed by atoms with E-state index < -0.39 is 10.0 Å². The number of primary sulfonamides is 1. The second kappa shape index (κ2) is 2.31. The Morgan fingerprint density at radius 1 is 1.60 bits per heavy atom. The molecular weight excluding hydrogens is 154 g/mol. The van der Waals surface area contributed by atoms with E-state index >= 15 is 0 Å². The first-order valence-corrected chi connectivity index (χ1v) is 3.88. The highest BCUT2D eigenvalue weighted by Crippen LogP contribution is 1.95. The van der Waals surface area contributed by atoms with Crippen LogP contribution in [-0.4, -0.2) is 18.6 Å². The normalized spacial score (nSPS) is 11.3. The van der Waals surface area contributed by atoms with Crippen molar-refractivity contribution in [3.8, 4) is 0 Å². The summed E-state index contributed by atoms with van der Waals surface area (Å²) in [5.41, 5.74) is 0. The summed E-state index contributed by atoms with van der Waals surface area (Å²) in [7, 11) is -3.70. The molecule has 0 unspecified atom stereocenters. The molecule has 0 aliphatic carbocycles. The van der Waals surface area contributed by atoms with Crippen molar-refractivity contribution in [3.05, 3.63) is 18.3 Å². The average molecular weight is 158 g/mol. The highest BCUT2D eigenvalue weighted by Gasteiger charge is 2.07. The molecular formula is C4H4N3O2S. The molecule has 10 heavy (non-hydrogen) atoms. The smallest absolute Gasteiger partial charge is 0.223 e. The molecule has 6 heteroatoms. The molecule has 1 aromatic rings. The van der Waals surface area contributed by atoms with E-state index in [1.54, 1.807) is 0 Å². The van der Waals surface area contributed by atoms with Crippen LogP contribution >= 0.6 is 0 Å². The number of hydrogen-bond acceptors (Lipinski definition) is 4. The number of sulfonamides is 1. The topological polar surface area (TPSA) is 85.9 Å². The Morgan fingerprint density at radius 3 is 2.60 bits per heavy atom. The SMILES string of the molecule is NS(=O)(=O)c1cc[c]nn1. The summed E-state index contributed by atoms with van der Waals surface area (Å²) < 4.78 is 21.0. The molecule has 0 saturated heterocycles. The van der Waals surface area contributed by atoms with Gasteiger partial charge < -0.3 is 0 Å². The van der Waals surface area contributed by atoms with Gasteiger partial charge in [0.25, 0.3) is 10.0 Å². The van der Waals surface area contributed by atoms with Crippen LogP contribution in [0.25, 0.3) is 0 Å². The van der Waals surface area contributed by atoms with Gasteiger partial charge in [-0.05, 0) is 12.1 Å². The summed E-state index contributed by atoms with van der Waals surface area (Å²) >= 11 is 0. The zero-order valence-corrected chi connectivity index (χ0v) is 5.67. The van der Waals surface area contributed by atoms with Crippen molar-refractivity contribution < 1.29 is 8.42 Å². The lowest BCUT2D eigenvalue weighted by atomic mass is 10.6. The molecule has 0 atom stereocenters. The molecule has 2 N–H and O–H groups in total. The van der Waals surface area contributed by atoms with Gasteiger partial charge in [0.15, 0.2) is 5.03 Å². The largest absolute Gasteiger partial charge is 0.257 e. The molecule has 0 aliphatic heterocycles. The predicted molar refractivity (Wildman–Crippen MR) is 32.2 cm³/mol. The zero-order valence-electron chi connectivity index (χ0n) is 4.85. The Balaban J connectivity index is 3.22. The van der Waals surface area contributed by atoms with Crippen molar-refractivity contribution in [2.24, 2.45) is 5.14 Å². The van der Waals surface area contributed by atoms with Crippen molar-refractivity contribution in [2.45, 2.75) is 5.03 Å². The van der Waals surface area contributed by atoms with Crippen molar-refractivity contribution in [3.63, 3.8) is 0 Å². The van der Waals surface area contributed by atoms with Crippen LogP contribution < -0.4 is 5.14 Å². The second-order valence-corrected chi connectivity index (χ2v) is 3.05. The fraction of sp³-hybridized carbons (Fsp3) is 0. The molecule has 0 fully saturated rings. The fourth-order valence-electron chi connectivity index (χ4n) is 0.405. The number of aromatic nitrogens is 2. The van der Waals surface area contributed by atoms with Gasteiger partial charge in [0.1, 0.15) is 6.20 Å². The molecule has 0 aromatic carbocycles. The first-order valence-electron chi connectivity index (χ1n) is 2.33. The van der Waals surface area contributed by atoms with E-state index in [1.807, 2.05) is 0 Å². The van der Waals surface area contributed by atoms with Crippen LogP contribution in [0.3, 0.4) is 0 Å². The van der Waals surface area contributed by atoms with Crippen molar-refractivity contribution in [1.82, 2.24) is 10.2 Å². The highest BCUT2D eigenvalue weighted by atomic mass is 32.2. The molecule has 1 rings (SSSR count). The Morgan fingerprint density at radius 2 is 2.30 bits per heavy atom. The van der Waals surface area contributed by atoms with Crippen LogP contribution in [0.1, 0.15) is 0 Å². The van der Waals surface area contributed by atoms with Gasteiger partial charge in [0.2, 0.25) is 0 Å². The summed E-state index contributed by atoms with van der Waals surface area (Å²) in [5.74, 6) is 0. The van der Waals surface area contributed by atoms with Crippen LogP contribution in [0.5, 0.6) is 0 Å². The van der Waals surface area contributed by atoms with Crippen LogP contribution in [-0.2, 0) is 10.0 Å². The lowest BCUT2D eigenvalue weighted by Gasteiger charge is -1.90. The number of nitrogens with two attached hydrogens (primary N) is 1. The van der Waals surface area contributed by atoms with E-state index in [4.69, 9.17) is 5.14 Å². The van der Waals surface area contributed by atoms with Crippen molar-refractivity contribution in [1.29, 1.82) is 0 Å². The first-order chi connectivity index (χ1) is 4.61. The summed E-state index contributed by atoms with van der Waals surface area (Å²) in [6, 6.07) is 2.55. The van der Waals surface area contributed by atoms with Crippen LogP contribution in [0.4, 0.5) is 0 Å². The van der Waals surface area contributed by atoms with Gasteiger partial charge in [-0.2, -0.15) is 0 Å². The maximum Gasteiger partial charge on any atom is 0.257 e. The maximum absolute atomic E-state index is 10.5. The molecule has 0 amide bonds. The van der Waals surface area contributed by atoms with E-state index in [0.717, 1.165) is 0 Å². The minimum Gasteiger partial charge on any atom is -0.223 e. The van der Waals surface area contributed by atoms with Crippen molar-refractivity contribution in [2.75, 3.05) is 0 Å².